The quantitative estimate of drug-likeness (QED) is 0.807. The number of hydrogen-bond donors (Lipinski definition) is 0. The molecular formula is C20H24N2O3. The van der Waals surface area contributed by atoms with Crippen LogP contribution in [0.1, 0.15) is 31.6 Å². The van der Waals surface area contributed by atoms with E-state index in [4.69, 9.17) is 4.42 Å². The molecule has 0 bridgehead atoms. The second kappa shape index (κ2) is 7.55. The van der Waals surface area contributed by atoms with Gasteiger partial charge in [0, 0.05) is 56.5 Å². The van der Waals surface area contributed by atoms with E-state index in [-0.39, 0.29) is 11.8 Å². The molecule has 25 heavy (non-hydrogen) atoms. The van der Waals surface area contributed by atoms with Crippen LogP contribution in [0, 0.1) is 0 Å². The van der Waals surface area contributed by atoms with E-state index in [0.29, 0.717) is 19.6 Å². The highest BCUT2D eigenvalue weighted by molar-refractivity contribution is 5.96. The molecule has 5 heteroatoms. The Balaban J connectivity index is 1.76. The fraction of sp³-hybridized carbons (Fsp3) is 0.400. The number of carbonyl (C=O) groups excluding carboxylic acids is 2. The van der Waals surface area contributed by atoms with E-state index in [9.17, 15) is 9.59 Å². The van der Waals surface area contributed by atoms with Gasteiger partial charge in [-0.1, -0.05) is 25.1 Å². The zero-order valence-electron chi connectivity index (χ0n) is 14.8. The molecule has 5 nitrogen and oxygen atoms in total. The number of rotatable bonds is 3. The lowest BCUT2D eigenvalue weighted by Crippen LogP contribution is -2.35. The summed E-state index contributed by atoms with van der Waals surface area (Å²) in [6, 6.07) is 7.88. The summed E-state index contributed by atoms with van der Waals surface area (Å²) in [4.78, 5) is 27.7. The van der Waals surface area contributed by atoms with Crippen LogP contribution in [0.15, 0.2) is 34.8 Å². The monoisotopic (exact) mass is 340 g/mol. The summed E-state index contributed by atoms with van der Waals surface area (Å²) in [6.45, 7) is 6.20. The van der Waals surface area contributed by atoms with Gasteiger partial charge in [0.15, 0.2) is 0 Å². The Labute approximate surface area is 147 Å². The number of para-hydroxylation sites is 1. The minimum atomic E-state index is -0.0160. The molecule has 0 saturated carbocycles. The van der Waals surface area contributed by atoms with Crippen LogP contribution in [0.4, 0.5) is 0 Å². The van der Waals surface area contributed by atoms with Gasteiger partial charge in [0.05, 0.1) is 0 Å². The average molecular weight is 340 g/mol. The van der Waals surface area contributed by atoms with E-state index < -0.39 is 0 Å². The van der Waals surface area contributed by atoms with Crippen LogP contribution in [-0.2, 0) is 16.0 Å². The molecule has 2 amide bonds. The Kier molecular flexibility index (Phi) is 5.22. The first kappa shape index (κ1) is 17.3. The van der Waals surface area contributed by atoms with Crippen molar-refractivity contribution < 1.29 is 14.0 Å². The summed E-state index contributed by atoms with van der Waals surface area (Å²) in [7, 11) is 0. The zero-order valence-corrected chi connectivity index (χ0v) is 14.8. The maximum absolute atomic E-state index is 12.6. The zero-order chi connectivity index (χ0) is 17.8. The molecule has 0 aliphatic carbocycles. The lowest BCUT2D eigenvalue weighted by atomic mass is 10.1. The fourth-order valence-corrected chi connectivity index (χ4v) is 3.27. The highest BCUT2D eigenvalue weighted by atomic mass is 16.3. The minimum absolute atomic E-state index is 0.0160. The van der Waals surface area contributed by atoms with Crippen LogP contribution in [0.25, 0.3) is 17.0 Å². The van der Waals surface area contributed by atoms with Gasteiger partial charge in [0.25, 0.3) is 0 Å². The summed E-state index contributed by atoms with van der Waals surface area (Å²) < 4.78 is 5.87. The van der Waals surface area contributed by atoms with Crippen molar-refractivity contribution in [2.45, 2.75) is 26.7 Å². The molecule has 1 aliphatic rings. The molecule has 0 N–H and O–H groups in total. The van der Waals surface area contributed by atoms with Crippen molar-refractivity contribution in [1.29, 1.82) is 0 Å². The first-order valence-corrected chi connectivity index (χ1v) is 8.83. The predicted octanol–water partition coefficient (Wildman–Crippen LogP) is 3.09. The smallest absolute Gasteiger partial charge is 0.246 e. The van der Waals surface area contributed by atoms with Gasteiger partial charge in [-0.15, -0.1) is 0 Å². The van der Waals surface area contributed by atoms with Crippen LogP contribution in [0.2, 0.25) is 0 Å². The molecule has 3 rings (SSSR count). The van der Waals surface area contributed by atoms with E-state index in [1.54, 1.807) is 17.9 Å². The Morgan fingerprint density at radius 1 is 1.12 bits per heavy atom. The first-order chi connectivity index (χ1) is 12.1. The molecule has 1 saturated heterocycles. The predicted molar refractivity (Wildman–Crippen MR) is 98.1 cm³/mol. The molecule has 1 aromatic heterocycles. The van der Waals surface area contributed by atoms with Gasteiger partial charge in [0.1, 0.15) is 11.3 Å². The Bertz CT molecular complexity index is 806. The second-order valence-corrected chi connectivity index (χ2v) is 6.31. The molecule has 1 aliphatic heterocycles. The molecular weight excluding hydrogens is 316 g/mol. The number of fused-ring (bicyclic) bond motifs is 1. The van der Waals surface area contributed by atoms with E-state index in [1.807, 2.05) is 42.2 Å². The number of benzene rings is 1. The molecule has 1 fully saturated rings. The number of nitrogens with zero attached hydrogens (tertiary/aromatic N) is 2. The van der Waals surface area contributed by atoms with Gasteiger partial charge < -0.3 is 14.2 Å². The van der Waals surface area contributed by atoms with Gasteiger partial charge in [-0.2, -0.15) is 0 Å². The number of aryl methyl sites for hydroxylation is 1. The molecule has 0 radical (unpaired) electrons. The van der Waals surface area contributed by atoms with Crippen molar-refractivity contribution in [1.82, 2.24) is 9.80 Å². The summed E-state index contributed by atoms with van der Waals surface area (Å²) in [6.07, 6.45) is 5.08. The van der Waals surface area contributed by atoms with Crippen LogP contribution in [0.5, 0.6) is 0 Å². The SMILES string of the molecule is CCc1oc2ccccc2c1/C=C/C(=O)N1CCCN(C(C)=O)CC1. The van der Waals surface area contributed by atoms with Crippen molar-refractivity contribution in [3.8, 4) is 0 Å². The van der Waals surface area contributed by atoms with Gasteiger partial charge >= 0.3 is 0 Å². The lowest BCUT2D eigenvalue weighted by molar-refractivity contribution is -0.130. The van der Waals surface area contributed by atoms with E-state index in [2.05, 4.69) is 0 Å². The van der Waals surface area contributed by atoms with E-state index in [1.165, 1.54) is 0 Å². The Morgan fingerprint density at radius 2 is 1.84 bits per heavy atom. The first-order valence-electron chi connectivity index (χ1n) is 8.83. The molecule has 132 valence electrons. The fourth-order valence-electron chi connectivity index (χ4n) is 3.27. The number of furan rings is 1. The average Bonchev–Trinajstić information content (AvgIpc) is 2.79. The van der Waals surface area contributed by atoms with Gasteiger partial charge in [0.2, 0.25) is 11.8 Å². The van der Waals surface area contributed by atoms with Crippen molar-refractivity contribution in [2.24, 2.45) is 0 Å². The Morgan fingerprint density at radius 3 is 2.60 bits per heavy atom. The van der Waals surface area contributed by atoms with E-state index >= 15 is 0 Å². The molecule has 0 spiro atoms. The largest absolute Gasteiger partial charge is 0.460 e. The minimum Gasteiger partial charge on any atom is -0.460 e. The molecule has 1 aromatic carbocycles. The summed E-state index contributed by atoms with van der Waals surface area (Å²) in [5.41, 5.74) is 1.82. The van der Waals surface area contributed by atoms with Gasteiger partial charge in [-0.3, -0.25) is 9.59 Å². The third-order valence-electron chi connectivity index (χ3n) is 4.68. The maximum Gasteiger partial charge on any atom is 0.246 e. The number of carbonyl (C=O) groups is 2. The van der Waals surface area contributed by atoms with Crippen molar-refractivity contribution in [3.05, 3.63) is 41.7 Å². The standard InChI is InChI=1S/C20H24N2O3/c1-3-18-17(16-7-4-5-8-19(16)25-18)9-10-20(24)22-12-6-11-21(13-14-22)15(2)23/h4-5,7-10H,3,6,11-14H2,1-2H3/b10-9+. The van der Waals surface area contributed by atoms with Crippen LogP contribution in [-0.4, -0.2) is 47.8 Å². The maximum atomic E-state index is 12.6. The molecule has 0 atom stereocenters. The summed E-state index contributed by atoms with van der Waals surface area (Å²) in [5, 5.41) is 1.03. The van der Waals surface area contributed by atoms with Crippen molar-refractivity contribution in [2.75, 3.05) is 26.2 Å². The topological polar surface area (TPSA) is 53.8 Å². The third kappa shape index (κ3) is 3.76. The van der Waals surface area contributed by atoms with Gasteiger partial charge in [-0.05, 0) is 18.6 Å². The highest BCUT2D eigenvalue weighted by Gasteiger charge is 2.19. The highest BCUT2D eigenvalue weighted by Crippen LogP contribution is 2.27. The van der Waals surface area contributed by atoms with Gasteiger partial charge in [-0.25, -0.2) is 0 Å². The van der Waals surface area contributed by atoms with E-state index in [0.717, 1.165) is 41.7 Å². The summed E-state index contributed by atoms with van der Waals surface area (Å²) >= 11 is 0. The molecule has 0 unspecified atom stereocenters. The Hall–Kier alpha value is -2.56. The number of hydrogen-bond acceptors (Lipinski definition) is 3. The van der Waals surface area contributed by atoms with Crippen molar-refractivity contribution in [3.63, 3.8) is 0 Å². The van der Waals surface area contributed by atoms with Crippen LogP contribution < -0.4 is 0 Å². The van der Waals surface area contributed by atoms with Crippen LogP contribution >= 0.6 is 0 Å². The third-order valence-corrected chi connectivity index (χ3v) is 4.68. The van der Waals surface area contributed by atoms with Crippen LogP contribution in [0.3, 0.4) is 0 Å². The molecule has 2 heterocycles. The number of amides is 2. The normalized spacial score (nSPS) is 15.8. The second-order valence-electron chi connectivity index (χ2n) is 6.31. The lowest BCUT2D eigenvalue weighted by Gasteiger charge is -2.20. The van der Waals surface area contributed by atoms with Crippen molar-refractivity contribution >= 4 is 28.9 Å². The molecule has 2 aromatic rings. The summed E-state index contributed by atoms with van der Waals surface area (Å²) in [5.74, 6) is 0.948.